The van der Waals surface area contributed by atoms with Gasteiger partial charge in [-0.3, -0.25) is 4.79 Å². The van der Waals surface area contributed by atoms with Crippen LogP contribution >= 0.6 is 0 Å². The number of allylic oxidation sites excluding steroid dienone is 1. The van der Waals surface area contributed by atoms with Crippen molar-refractivity contribution in [2.24, 2.45) is 5.92 Å². The molecule has 0 saturated heterocycles. The van der Waals surface area contributed by atoms with Gasteiger partial charge in [-0.15, -0.1) is 0 Å². The molecule has 4 heteroatoms. The lowest BCUT2D eigenvalue weighted by Crippen LogP contribution is -2.44. The van der Waals surface area contributed by atoms with Gasteiger partial charge in [0.2, 0.25) is 5.91 Å². The maximum atomic E-state index is 13.1. The average molecular weight is 419 g/mol. The summed E-state index contributed by atoms with van der Waals surface area (Å²) in [6.07, 6.45) is 3.46. The normalized spacial score (nSPS) is 21.3. The van der Waals surface area contributed by atoms with Crippen molar-refractivity contribution in [3.05, 3.63) is 76.4 Å². The number of carbonyl (C=O) groups is 1. The fraction of sp³-hybridized carbons (Fsp3) is 0.444. The minimum Gasteiger partial charge on any atom is -0.508 e. The molecule has 2 aliphatic carbocycles. The Morgan fingerprint density at radius 2 is 1.90 bits per heavy atom. The van der Waals surface area contributed by atoms with Crippen molar-refractivity contribution in [1.82, 2.24) is 10.2 Å². The van der Waals surface area contributed by atoms with Crippen molar-refractivity contribution in [1.29, 1.82) is 0 Å². The summed E-state index contributed by atoms with van der Waals surface area (Å²) in [7, 11) is 2.16. The Labute approximate surface area is 186 Å². The molecule has 31 heavy (non-hydrogen) atoms. The number of rotatable bonds is 9. The molecule has 0 bridgehead atoms. The predicted molar refractivity (Wildman–Crippen MR) is 125 cm³/mol. The molecule has 0 heterocycles. The zero-order valence-corrected chi connectivity index (χ0v) is 19.1. The van der Waals surface area contributed by atoms with Gasteiger partial charge in [0.05, 0.1) is 0 Å². The van der Waals surface area contributed by atoms with E-state index in [9.17, 15) is 9.90 Å². The van der Waals surface area contributed by atoms with Crippen LogP contribution in [0.3, 0.4) is 0 Å². The number of hydrogen-bond donors (Lipinski definition) is 2. The van der Waals surface area contributed by atoms with Gasteiger partial charge in [-0.25, -0.2) is 0 Å². The summed E-state index contributed by atoms with van der Waals surface area (Å²) in [5.74, 6) is 1.17. The molecule has 2 aromatic carbocycles. The van der Waals surface area contributed by atoms with Gasteiger partial charge in [0.15, 0.2) is 0 Å². The number of phenols is 1. The first-order valence-corrected chi connectivity index (χ1v) is 11.3. The summed E-state index contributed by atoms with van der Waals surface area (Å²) in [5, 5.41) is 13.1. The van der Waals surface area contributed by atoms with Crippen LogP contribution in [0.1, 0.15) is 43.4 Å². The lowest BCUT2D eigenvalue weighted by atomic mass is 9.90. The fourth-order valence-electron chi connectivity index (χ4n) is 4.72. The highest BCUT2D eigenvalue weighted by molar-refractivity contribution is 6.04. The number of nitrogens with zero attached hydrogens (tertiary/aromatic N) is 1. The van der Waals surface area contributed by atoms with Gasteiger partial charge in [0.1, 0.15) is 5.75 Å². The first-order valence-electron chi connectivity index (χ1n) is 11.3. The molecule has 164 valence electrons. The average Bonchev–Trinajstić information content (AvgIpc) is 3.67. The van der Waals surface area contributed by atoms with Crippen molar-refractivity contribution in [2.75, 3.05) is 20.1 Å². The highest BCUT2D eigenvalue weighted by atomic mass is 16.3. The smallest absolute Gasteiger partial charge is 0.248 e. The predicted octanol–water partition coefficient (Wildman–Crippen LogP) is 4.36. The van der Waals surface area contributed by atoms with Crippen LogP contribution in [0.5, 0.6) is 5.75 Å². The minimum absolute atomic E-state index is 0.0514. The van der Waals surface area contributed by atoms with Gasteiger partial charge in [-0.05, 0) is 81.3 Å². The van der Waals surface area contributed by atoms with E-state index in [1.165, 1.54) is 24.0 Å². The fourth-order valence-corrected chi connectivity index (χ4v) is 4.72. The maximum Gasteiger partial charge on any atom is 0.248 e. The molecule has 0 spiro atoms. The third-order valence-corrected chi connectivity index (χ3v) is 7.24. The zero-order chi connectivity index (χ0) is 22.2. The molecule has 0 radical (unpaired) electrons. The Kier molecular flexibility index (Phi) is 5.94. The third-order valence-electron chi connectivity index (χ3n) is 7.24. The van der Waals surface area contributed by atoms with E-state index in [2.05, 4.69) is 49.3 Å². The number of nitrogens with one attached hydrogen (secondary N) is 1. The number of likely N-dealkylation sites (N-methyl/N-ethyl adjacent to an activating group) is 1. The van der Waals surface area contributed by atoms with Crippen LogP contribution in [0.2, 0.25) is 0 Å². The molecular weight excluding hydrogens is 384 g/mol. The third kappa shape index (κ3) is 4.54. The summed E-state index contributed by atoms with van der Waals surface area (Å²) >= 11 is 0. The van der Waals surface area contributed by atoms with Gasteiger partial charge in [0, 0.05) is 30.1 Å². The largest absolute Gasteiger partial charge is 0.508 e. The minimum atomic E-state index is -0.241. The summed E-state index contributed by atoms with van der Waals surface area (Å²) in [6.45, 7) is 7.82. The molecule has 2 aromatic rings. The van der Waals surface area contributed by atoms with E-state index < -0.39 is 0 Å². The molecule has 2 atom stereocenters. The second-order valence-electron chi connectivity index (χ2n) is 9.56. The molecule has 2 N–H and O–H groups in total. The van der Waals surface area contributed by atoms with E-state index in [0.717, 1.165) is 35.6 Å². The summed E-state index contributed by atoms with van der Waals surface area (Å²) < 4.78 is 0. The lowest BCUT2D eigenvalue weighted by Gasteiger charge is -2.29. The zero-order valence-electron chi connectivity index (χ0n) is 19.1. The Hall–Kier alpha value is -2.59. The first-order chi connectivity index (χ1) is 14.8. The van der Waals surface area contributed by atoms with Crippen LogP contribution < -0.4 is 5.32 Å². The maximum absolute atomic E-state index is 13.1. The Bertz CT molecular complexity index is 994. The highest BCUT2D eigenvalue weighted by Gasteiger charge is 2.51. The van der Waals surface area contributed by atoms with Crippen LogP contribution in [-0.2, 0) is 16.6 Å². The monoisotopic (exact) mass is 418 g/mol. The number of aromatic hydroxyl groups is 1. The molecule has 1 fully saturated rings. The molecule has 2 aliphatic rings. The Balaban J connectivity index is 1.43. The lowest BCUT2D eigenvalue weighted by molar-refractivity contribution is -0.117. The molecule has 0 aliphatic heterocycles. The molecule has 1 amide bonds. The number of phenolic OH excluding ortho intramolecular Hbond substituents is 1. The van der Waals surface area contributed by atoms with Crippen molar-refractivity contribution in [3.63, 3.8) is 0 Å². The topological polar surface area (TPSA) is 52.6 Å². The van der Waals surface area contributed by atoms with Crippen LogP contribution in [0.4, 0.5) is 0 Å². The molecule has 0 aromatic heterocycles. The molecule has 1 saturated carbocycles. The SMILES string of the molecule is CC1=C(C(=O)NC[C@H](Cc2ccc(O)c(C)c2)N(C)CC2CC2)[C@@]1(C)c1ccccc1. The molecular formula is C27H34N2O2. The van der Waals surface area contributed by atoms with Crippen LogP contribution in [0.15, 0.2) is 59.7 Å². The Morgan fingerprint density at radius 3 is 2.55 bits per heavy atom. The van der Waals surface area contributed by atoms with Gasteiger partial charge >= 0.3 is 0 Å². The van der Waals surface area contributed by atoms with Gasteiger partial charge in [-0.2, -0.15) is 0 Å². The quantitative estimate of drug-likeness (QED) is 0.636. The van der Waals surface area contributed by atoms with Crippen molar-refractivity contribution < 1.29 is 9.90 Å². The van der Waals surface area contributed by atoms with E-state index in [4.69, 9.17) is 0 Å². The van der Waals surface area contributed by atoms with E-state index in [-0.39, 0.29) is 17.4 Å². The van der Waals surface area contributed by atoms with E-state index in [0.29, 0.717) is 12.3 Å². The number of aryl methyl sites for hydroxylation is 1. The standard InChI is InChI=1S/C27H34N2O2/c1-18-14-21(12-13-24(18)30)15-23(29(4)17-20-10-11-20)16-28-26(31)25-19(2)27(25,3)22-8-6-5-7-9-22/h5-9,12-14,20,23,30H,10-11,15-17H2,1-4H3,(H,28,31)/t23-,27+/m0/s1. The number of benzene rings is 2. The molecule has 0 unspecified atom stereocenters. The second kappa shape index (κ2) is 8.51. The van der Waals surface area contributed by atoms with Gasteiger partial charge in [-0.1, -0.05) is 42.5 Å². The van der Waals surface area contributed by atoms with Gasteiger partial charge < -0.3 is 15.3 Å². The van der Waals surface area contributed by atoms with Crippen LogP contribution in [-0.4, -0.2) is 42.1 Å². The second-order valence-corrected chi connectivity index (χ2v) is 9.56. The molecule has 4 nitrogen and oxygen atoms in total. The van der Waals surface area contributed by atoms with Crippen molar-refractivity contribution in [2.45, 2.75) is 51.5 Å². The van der Waals surface area contributed by atoms with Crippen molar-refractivity contribution in [3.8, 4) is 5.75 Å². The van der Waals surface area contributed by atoms with Crippen LogP contribution in [0.25, 0.3) is 0 Å². The highest BCUT2D eigenvalue weighted by Crippen LogP contribution is 2.53. The van der Waals surface area contributed by atoms with Crippen molar-refractivity contribution >= 4 is 5.91 Å². The number of carbonyl (C=O) groups excluding carboxylic acids is 1. The molecule has 4 rings (SSSR count). The Morgan fingerprint density at radius 1 is 1.19 bits per heavy atom. The van der Waals surface area contributed by atoms with E-state index in [1.807, 2.05) is 31.2 Å². The summed E-state index contributed by atoms with van der Waals surface area (Å²) in [4.78, 5) is 15.5. The summed E-state index contributed by atoms with van der Waals surface area (Å²) in [6, 6.07) is 16.3. The number of amides is 1. The van der Waals surface area contributed by atoms with Crippen LogP contribution in [0, 0.1) is 12.8 Å². The van der Waals surface area contributed by atoms with E-state index in [1.54, 1.807) is 6.07 Å². The summed E-state index contributed by atoms with van der Waals surface area (Å²) in [5.41, 5.74) is 5.08. The number of hydrogen-bond acceptors (Lipinski definition) is 3. The first kappa shape index (κ1) is 21.6. The van der Waals surface area contributed by atoms with Gasteiger partial charge in [0.25, 0.3) is 0 Å². The van der Waals surface area contributed by atoms with E-state index >= 15 is 0 Å².